The molecule has 0 aliphatic rings. The van der Waals surface area contributed by atoms with Gasteiger partial charge in [0, 0.05) is 12.6 Å². The van der Waals surface area contributed by atoms with E-state index in [9.17, 15) is 14.4 Å². The molecule has 0 saturated heterocycles. The van der Waals surface area contributed by atoms with E-state index in [4.69, 9.17) is 10.5 Å². The van der Waals surface area contributed by atoms with Gasteiger partial charge in [-0.3, -0.25) is 9.59 Å². The van der Waals surface area contributed by atoms with E-state index < -0.39 is 23.5 Å². The molecule has 0 fully saturated rings. The molecule has 2 amide bonds. The van der Waals surface area contributed by atoms with Crippen LogP contribution >= 0.6 is 0 Å². The Kier molecular flexibility index (Phi) is 10.8. The average molecular weight is 460 g/mol. The second-order valence-electron chi connectivity index (χ2n) is 9.86. The highest BCUT2D eigenvalue weighted by Crippen LogP contribution is 2.24. The van der Waals surface area contributed by atoms with Crippen molar-refractivity contribution >= 4 is 17.8 Å². The van der Waals surface area contributed by atoms with Gasteiger partial charge in [-0.1, -0.05) is 71.0 Å². The summed E-state index contributed by atoms with van der Waals surface area (Å²) in [4.78, 5) is 40.1. The summed E-state index contributed by atoms with van der Waals surface area (Å²) in [5, 5.41) is 2.88. The smallest absolute Gasteiger partial charge is 0.333 e. The number of hydrogen-bond acceptors (Lipinski definition) is 5. The van der Waals surface area contributed by atoms with E-state index >= 15 is 0 Å². The predicted octanol–water partition coefficient (Wildman–Crippen LogP) is 3.08. The van der Waals surface area contributed by atoms with E-state index in [0.717, 1.165) is 5.56 Å². The molecule has 0 aliphatic heterocycles. The Morgan fingerprint density at radius 3 is 2.21 bits per heavy atom. The van der Waals surface area contributed by atoms with Gasteiger partial charge in [0.25, 0.3) is 0 Å². The predicted molar refractivity (Wildman–Crippen MR) is 131 cm³/mol. The molecule has 0 spiro atoms. The first-order valence-electron chi connectivity index (χ1n) is 11.5. The van der Waals surface area contributed by atoms with Crippen molar-refractivity contribution in [2.45, 2.75) is 73.0 Å². The van der Waals surface area contributed by atoms with Crippen LogP contribution in [0.5, 0.6) is 0 Å². The standard InChI is InChI=1S/C26H41N3O4/c1-9-33-25(32)18(4)15-21(17(2)3)29(8)24(31)22(26(5,6)7)28-23(30)20(27)16-19-13-11-10-12-14-19/h10-15,17,20-22H,9,16,27H2,1-8H3,(H,28,30)/b18-15+/t20?,21-,22-/m1/s1. The number of nitrogens with zero attached hydrogens (tertiary/aromatic N) is 1. The highest BCUT2D eigenvalue weighted by Gasteiger charge is 2.37. The Morgan fingerprint density at radius 2 is 1.73 bits per heavy atom. The van der Waals surface area contributed by atoms with Gasteiger partial charge in [0.1, 0.15) is 6.04 Å². The number of amides is 2. The largest absolute Gasteiger partial charge is 0.463 e. The van der Waals surface area contributed by atoms with Gasteiger partial charge in [0.05, 0.1) is 18.7 Å². The van der Waals surface area contributed by atoms with E-state index in [1.54, 1.807) is 31.9 Å². The van der Waals surface area contributed by atoms with E-state index in [1.807, 2.05) is 65.0 Å². The van der Waals surface area contributed by atoms with Crippen LogP contribution in [0.2, 0.25) is 0 Å². The zero-order valence-electron chi connectivity index (χ0n) is 21.3. The number of nitrogens with two attached hydrogens (primary N) is 1. The Morgan fingerprint density at radius 1 is 1.15 bits per heavy atom. The first-order chi connectivity index (χ1) is 15.3. The molecule has 0 radical (unpaired) electrons. The molecule has 1 rings (SSSR count). The maximum Gasteiger partial charge on any atom is 0.333 e. The minimum atomic E-state index is -0.783. The number of likely N-dealkylation sites (N-methyl/N-ethyl adjacent to an activating group) is 1. The minimum absolute atomic E-state index is 0.0417. The van der Waals surface area contributed by atoms with Crippen LogP contribution in [0.25, 0.3) is 0 Å². The van der Waals surface area contributed by atoms with Crippen molar-refractivity contribution in [3.63, 3.8) is 0 Å². The van der Waals surface area contributed by atoms with Crippen LogP contribution in [0.4, 0.5) is 0 Å². The van der Waals surface area contributed by atoms with Crippen molar-refractivity contribution in [1.82, 2.24) is 10.2 Å². The van der Waals surface area contributed by atoms with Crippen LogP contribution in [0.1, 0.15) is 54.0 Å². The van der Waals surface area contributed by atoms with Gasteiger partial charge in [0.15, 0.2) is 0 Å². The molecule has 0 heterocycles. The topological polar surface area (TPSA) is 102 Å². The maximum absolute atomic E-state index is 13.6. The number of ether oxygens (including phenoxy) is 1. The summed E-state index contributed by atoms with van der Waals surface area (Å²) in [6.45, 7) is 13.4. The fourth-order valence-corrected chi connectivity index (χ4v) is 3.53. The number of esters is 1. The fourth-order valence-electron chi connectivity index (χ4n) is 3.53. The fraction of sp³-hybridized carbons (Fsp3) is 0.577. The van der Waals surface area contributed by atoms with E-state index in [-0.39, 0.29) is 30.4 Å². The first kappa shape index (κ1) is 28.4. The number of carbonyl (C=O) groups is 3. The lowest BCUT2D eigenvalue weighted by atomic mass is 9.84. The average Bonchev–Trinajstić information content (AvgIpc) is 2.74. The number of rotatable bonds is 10. The molecule has 33 heavy (non-hydrogen) atoms. The van der Waals surface area contributed by atoms with E-state index in [0.29, 0.717) is 12.0 Å². The second kappa shape index (κ2) is 12.5. The van der Waals surface area contributed by atoms with Crippen LogP contribution in [0.3, 0.4) is 0 Å². The van der Waals surface area contributed by atoms with Gasteiger partial charge < -0.3 is 20.7 Å². The molecule has 3 atom stereocenters. The van der Waals surface area contributed by atoms with Crippen LogP contribution < -0.4 is 11.1 Å². The summed E-state index contributed by atoms with van der Waals surface area (Å²) in [5.41, 5.74) is 7.00. The Hall–Kier alpha value is -2.67. The molecule has 1 aromatic carbocycles. The molecule has 7 nitrogen and oxygen atoms in total. The van der Waals surface area contributed by atoms with Gasteiger partial charge in [-0.25, -0.2) is 4.79 Å². The van der Waals surface area contributed by atoms with Crippen molar-refractivity contribution in [1.29, 1.82) is 0 Å². The molecule has 0 bridgehead atoms. The normalized spacial score (nSPS) is 14.9. The molecule has 184 valence electrons. The Bertz CT molecular complexity index is 828. The van der Waals surface area contributed by atoms with Crippen molar-refractivity contribution < 1.29 is 19.1 Å². The quantitative estimate of drug-likeness (QED) is 0.414. The van der Waals surface area contributed by atoms with Crippen LogP contribution in [0.15, 0.2) is 42.0 Å². The van der Waals surface area contributed by atoms with Gasteiger partial charge in [0.2, 0.25) is 11.8 Å². The molecule has 3 N–H and O–H groups in total. The number of carbonyl (C=O) groups excluding carboxylic acids is 3. The third-order valence-electron chi connectivity index (χ3n) is 5.53. The van der Waals surface area contributed by atoms with Gasteiger partial charge >= 0.3 is 5.97 Å². The zero-order chi connectivity index (χ0) is 25.3. The summed E-state index contributed by atoms with van der Waals surface area (Å²) in [7, 11) is 1.69. The molecule has 1 aromatic rings. The zero-order valence-corrected chi connectivity index (χ0v) is 21.3. The van der Waals surface area contributed by atoms with E-state index in [2.05, 4.69) is 5.32 Å². The van der Waals surface area contributed by atoms with Gasteiger partial charge in [-0.2, -0.15) is 0 Å². The number of benzene rings is 1. The Labute approximate surface area is 198 Å². The van der Waals surface area contributed by atoms with Crippen LogP contribution in [0, 0.1) is 11.3 Å². The molecule has 0 aromatic heterocycles. The summed E-state index contributed by atoms with van der Waals surface area (Å²) in [6.07, 6.45) is 2.13. The number of nitrogens with one attached hydrogen (secondary N) is 1. The summed E-state index contributed by atoms with van der Waals surface area (Å²) in [6, 6.07) is 7.63. The molecule has 7 heteroatoms. The monoisotopic (exact) mass is 459 g/mol. The minimum Gasteiger partial charge on any atom is -0.463 e. The van der Waals surface area contributed by atoms with Crippen LogP contribution in [-0.2, 0) is 25.5 Å². The van der Waals surface area contributed by atoms with Gasteiger partial charge in [-0.15, -0.1) is 0 Å². The van der Waals surface area contributed by atoms with Crippen molar-refractivity contribution in [2.75, 3.05) is 13.7 Å². The summed E-state index contributed by atoms with van der Waals surface area (Å²) < 4.78 is 5.07. The molecular weight excluding hydrogens is 418 g/mol. The van der Waals surface area contributed by atoms with Crippen molar-refractivity contribution in [2.24, 2.45) is 17.1 Å². The molecular formula is C26H41N3O4. The summed E-state index contributed by atoms with van der Waals surface area (Å²) in [5.74, 6) is -0.981. The highest BCUT2D eigenvalue weighted by atomic mass is 16.5. The van der Waals surface area contributed by atoms with Crippen LogP contribution in [-0.4, -0.2) is 54.5 Å². The third-order valence-corrected chi connectivity index (χ3v) is 5.53. The maximum atomic E-state index is 13.6. The lowest BCUT2D eigenvalue weighted by Gasteiger charge is -2.37. The van der Waals surface area contributed by atoms with Crippen molar-refractivity contribution in [3.05, 3.63) is 47.5 Å². The molecule has 1 unspecified atom stereocenters. The lowest BCUT2D eigenvalue weighted by molar-refractivity contribution is -0.141. The molecule has 0 aliphatic carbocycles. The molecule has 0 saturated carbocycles. The Balaban J connectivity index is 3.07. The number of hydrogen-bond donors (Lipinski definition) is 2. The van der Waals surface area contributed by atoms with Crippen molar-refractivity contribution in [3.8, 4) is 0 Å². The van der Waals surface area contributed by atoms with Gasteiger partial charge in [-0.05, 0) is 37.2 Å². The first-order valence-corrected chi connectivity index (χ1v) is 11.5. The highest BCUT2D eigenvalue weighted by molar-refractivity contribution is 5.91. The SMILES string of the molecule is CCOC(=O)/C(C)=C/[C@H](C(C)C)N(C)C(=O)[C@@H](NC(=O)C(N)Cc1ccccc1)C(C)(C)C. The lowest BCUT2D eigenvalue weighted by Crippen LogP contribution is -2.58. The third kappa shape index (κ3) is 8.65. The second-order valence-corrected chi connectivity index (χ2v) is 9.86. The summed E-state index contributed by atoms with van der Waals surface area (Å²) >= 11 is 0. The van der Waals surface area contributed by atoms with E-state index in [1.165, 1.54) is 0 Å².